The molecule has 1 atom stereocenters. The molecule has 27 heavy (non-hydrogen) atoms. The molecular weight excluding hydrogens is 338 g/mol. The molecule has 2 aromatic rings. The van der Waals surface area contributed by atoms with Gasteiger partial charge in [0.2, 0.25) is 0 Å². The third-order valence-corrected chi connectivity index (χ3v) is 4.63. The van der Waals surface area contributed by atoms with Crippen LogP contribution in [-0.2, 0) is 16.1 Å². The fraction of sp³-hybridized carbons (Fsp3) is 0.364. The second kappa shape index (κ2) is 9.33. The van der Waals surface area contributed by atoms with E-state index < -0.39 is 0 Å². The number of hydrogen-bond acceptors (Lipinski definition) is 2. The maximum absolute atomic E-state index is 12.4. The summed E-state index contributed by atoms with van der Waals surface area (Å²) < 4.78 is 0. The van der Waals surface area contributed by atoms with Gasteiger partial charge >= 0.3 is 0 Å². The average molecular weight is 369 g/mol. The zero-order valence-corrected chi connectivity index (χ0v) is 16.9. The zero-order chi connectivity index (χ0) is 20.0. The van der Waals surface area contributed by atoms with E-state index in [4.69, 9.17) is 0 Å². The van der Waals surface area contributed by atoms with Gasteiger partial charge in [-0.1, -0.05) is 48.0 Å². The molecule has 5 nitrogen and oxygen atoms in total. The smallest absolute Gasteiger partial charge is 0.279 e. The summed E-state index contributed by atoms with van der Waals surface area (Å²) in [6.07, 6.45) is 0. The third kappa shape index (κ3) is 6.22. The highest BCUT2D eigenvalue weighted by Crippen LogP contribution is 2.18. The second-order valence-electron chi connectivity index (χ2n) is 7.36. The minimum Gasteiger partial charge on any atom is -0.337 e. The van der Waals surface area contributed by atoms with Crippen LogP contribution in [-0.4, -0.2) is 43.9 Å². The van der Waals surface area contributed by atoms with E-state index in [1.807, 2.05) is 70.3 Å². The van der Waals surface area contributed by atoms with Gasteiger partial charge in [-0.15, -0.1) is 0 Å². The van der Waals surface area contributed by atoms with Crippen LogP contribution in [0.25, 0.3) is 0 Å². The van der Waals surface area contributed by atoms with Crippen LogP contribution in [0.1, 0.15) is 22.3 Å². The number of benzene rings is 2. The number of anilines is 1. The van der Waals surface area contributed by atoms with Crippen LogP contribution in [0.15, 0.2) is 42.5 Å². The molecule has 2 aromatic carbocycles. The summed E-state index contributed by atoms with van der Waals surface area (Å²) in [5.41, 5.74) is 5.23. The number of nitrogens with zero attached hydrogens (tertiary/aromatic N) is 1. The summed E-state index contributed by atoms with van der Waals surface area (Å²) in [5, 5.41) is 2.97. The van der Waals surface area contributed by atoms with Crippen LogP contribution < -0.4 is 10.2 Å². The van der Waals surface area contributed by atoms with Crippen LogP contribution in [0.5, 0.6) is 0 Å². The largest absolute Gasteiger partial charge is 0.337 e. The maximum atomic E-state index is 12.4. The Labute approximate surface area is 162 Å². The van der Waals surface area contributed by atoms with Gasteiger partial charge in [-0.05, 0) is 37.5 Å². The number of carbonyl (C=O) groups is 2. The van der Waals surface area contributed by atoms with Crippen molar-refractivity contribution in [1.82, 2.24) is 4.90 Å². The van der Waals surface area contributed by atoms with Gasteiger partial charge in [0.05, 0.1) is 7.05 Å². The summed E-state index contributed by atoms with van der Waals surface area (Å²) in [7, 11) is 3.66. The van der Waals surface area contributed by atoms with Gasteiger partial charge in [-0.25, -0.2) is 0 Å². The Hall–Kier alpha value is -2.66. The predicted octanol–water partition coefficient (Wildman–Crippen LogP) is 1.72. The van der Waals surface area contributed by atoms with Crippen molar-refractivity contribution in [3.8, 4) is 0 Å². The van der Waals surface area contributed by atoms with E-state index in [0.717, 1.165) is 27.3 Å². The molecule has 0 aliphatic carbocycles. The van der Waals surface area contributed by atoms with E-state index in [-0.39, 0.29) is 24.9 Å². The lowest BCUT2D eigenvalue weighted by Crippen LogP contribution is -3.11. The lowest BCUT2D eigenvalue weighted by Gasteiger charge is -2.20. The summed E-state index contributed by atoms with van der Waals surface area (Å²) in [4.78, 5) is 27.4. The molecule has 2 amide bonds. The number of hydrogen-bond donors (Lipinski definition) is 2. The predicted molar refractivity (Wildman–Crippen MR) is 109 cm³/mol. The SMILES string of the molecule is Cc1ccc(CN(C)C(=O)C[NH+](C)CC(=O)Nc2c(C)cccc2C)cc1. The number of nitrogens with one attached hydrogen (secondary N) is 2. The first-order valence-electron chi connectivity index (χ1n) is 9.23. The lowest BCUT2D eigenvalue weighted by atomic mass is 10.1. The Morgan fingerprint density at radius 2 is 1.56 bits per heavy atom. The molecule has 5 heteroatoms. The number of carbonyl (C=O) groups excluding carboxylic acids is 2. The Morgan fingerprint density at radius 3 is 2.15 bits per heavy atom. The molecule has 1 unspecified atom stereocenters. The summed E-state index contributed by atoms with van der Waals surface area (Å²) >= 11 is 0. The normalized spacial score (nSPS) is 11.7. The van der Waals surface area contributed by atoms with Crippen molar-refractivity contribution in [3.63, 3.8) is 0 Å². The van der Waals surface area contributed by atoms with Gasteiger partial charge in [0, 0.05) is 19.3 Å². The third-order valence-electron chi connectivity index (χ3n) is 4.63. The fourth-order valence-electron chi connectivity index (χ4n) is 2.98. The molecule has 2 rings (SSSR count). The minimum absolute atomic E-state index is 0.0212. The van der Waals surface area contributed by atoms with Gasteiger partial charge < -0.3 is 15.1 Å². The molecule has 0 aromatic heterocycles. The number of quaternary nitrogens is 1. The van der Waals surface area contributed by atoms with E-state index >= 15 is 0 Å². The van der Waals surface area contributed by atoms with Crippen molar-refractivity contribution in [3.05, 3.63) is 64.7 Å². The maximum Gasteiger partial charge on any atom is 0.279 e. The molecule has 0 bridgehead atoms. The summed E-state index contributed by atoms with van der Waals surface area (Å²) in [5.74, 6) is -0.0631. The fourth-order valence-corrected chi connectivity index (χ4v) is 2.98. The molecule has 0 saturated heterocycles. The zero-order valence-electron chi connectivity index (χ0n) is 16.9. The number of likely N-dealkylation sites (N-methyl/N-ethyl adjacent to an activating group) is 2. The van der Waals surface area contributed by atoms with Crippen molar-refractivity contribution in [2.45, 2.75) is 27.3 Å². The first-order valence-corrected chi connectivity index (χ1v) is 9.23. The number of rotatable bonds is 7. The standard InChI is InChI=1S/C22H29N3O2/c1-16-9-11-19(12-10-16)13-25(5)21(27)15-24(4)14-20(26)23-22-17(2)7-6-8-18(22)3/h6-12H,13-15H2,1-5H3,(H,23,26)/p+1. The molecule has 0 aliphatic rings. The lowest BCUT2D eigenvalue weighted by molar-refractivity contribution is -0.862. The summed E-state index contributed by atoms with van der Waals surface area (Å²) in [6.45, 7) is 7.09. The van der Waals surface area contributed by atoms with Crippen molar-refractivity contribution in [1.29, 1.82) is 0 Å². The topological polar surface area (TPSA) is 53.9 Å². The number of para-hydroxylation sites is 1. The highest BCUT2D eigenvalue weighted by molar-refractivity contribution is 5.93. The number of aryl methyl sites for hydroxylation is 3. The highest BCUT2D eigenvalue weighted by atomic mass is 16.2. The minimum atomic E-state index is -0.0844. The van der Waals surface area contributed by atoms with Gasteiger partial charge in [0.15, 0.2) is 13.1 Å². The molecule has 144 valence electrons. The van der Waals surface area contributed by atoms with Crippen molar-refractivity contribution >= 4 is 17.5 Å². The monoisotopic (exact) mass is 368 g/mol. The molecule has 0 heterocycles. The highest BCUT2D eigenvalue weighted by Gasteiger charge is 2.18. The summed E-state index contributed by atoms with van der Waals surface area (Å²) in [6, 6.07) is 14.1. The van der Waals surface area contributed by atoms with Gasteiger partial charge in [-0.3, -0.25) is 9.59 Å². The molecule has 2 N–H and O–H groups in total. The van der Waals surface area contributed by atoms with Gasteiger partial charge in [0.25, 0.3) is 11.8 Å². The van der Waals surface area contributed by atoms with Crippen LogP contribution in [0.3, 0.4) is 0 Å². The van der Waals surface area contributed by atoms with E-state index in [1.165, 1.54) is 5.56 Å². The van der Waals surface area contributed by atoms with Crippen molar-refractivity contribution in [2.24, 2.45) is 0 Å². The van der Waals surface area contributed by atoms with E-state index in [2.05, 4.69) is 5.32 Å². The number of amides is 2. The van der Waals surface area contributed by atoms with Crippen LogP contribution >= 0.6 is 0 Å². The molecule has 0 aliphatic heterocycles. The Kier molecular flexibility index (Phi) is 7.13. The Balaban J connectivity index is 1.84. The van der Waals surface area contributed by atoms with Crippen LogP contribution in [0.2, 0.25) is 0 Å². The molecular formula is C22H30N3O2+. The van der Waals surface area contributed by atoms with E-state index in [1.54, 1.807) is 11.9 Å². The Morgan fingerprint density at radius 1 is 0.963 bits per heavy atom. The van der Waals surface area contributed by atoms with Crippen LogP contribution in [0.4, 0.5) is 5.69 Å². The first kappa shape index (κ1) is 20.6. The van der Waals surface area contributed by atoms with Crippen molar-refractivity contribution in [2.75, 3.05) is 32.5 Å². The average Bonchev–Trinajstić information content (AvgIpc) is 2.60. The molecule has 0 fully saturated rings. The first-order chi connectivity index (χ1) is 12.8. The van der Waals surface area contributed by atoms with Crippen molar-refractivity contribution < 1.29 is 14.5 Å². The van der Waals surface area contributed by atoms with E-state index in [0.29, 0.717) is 6.54 Å². The van der Waals surface area contributed by atoms with E-state index in [9.17, 15) is 9.59 Å². The molecule has 0 saturated carbocycles. The Bertz CT molecular complexity index is 779. The second-order valence-corrected chi connectivity index (χ2v) is 7.36. The molecule has 0 spiro atoms. The van der Waals surface area contributed by atoms with Crippen LogP contribution in [0, 0.1) is 20.8 Å². The quantitative estimate of drug-likeness (QED) is 0.782. The molecule has 0 radical (unpaired) electrons. The van der Waals surface area contributed by atoms with Gasteiger partial charge in [0.1, 0.15) is 0 Å². The van der Waals surface area contributed by atoms with Gasteiger partial charge in [-0.2, -0.15) is 0 Å².